The van der Waals surface area contributed by atoms with Gasteiger partial charge in [0.2, 0.25) is 0 Å². The number of esters is 1. The first-order chi connectivity index (χ1) is 10.7. The maximum Gasteiger partial charge on any atom is 0.498 e. The predicted octanol–water partition coefficient (Wildman–Crippen LogP) is 2.39. The number of carbonyl (C=O) groups excluding carboxylic acids is 1. The highest BCUT2D eigenvalue weighted by atomic mass is 19.1. The second kappa shape index (κ2) is 5.07. The third kappa shape index (κ3) is 2.35. The largest absolute Gasteiger partial charge is 0.498 e. The summed E-state index contributed by atoms with van der Waals surface area (Å²) < 4.78 is 31.3. The van der Waals surface area contributed by atoms with E-state index in [1.54, 1.807) is 12.3 Å². The fraction of sp³-hybridized carbons (Fsp3) is 0.438. The number of hydrogen-bond acceptors (Lipinski definition) is 4. The van der Waals surface area contributed by atoms with Gasteiger partial charge in [0.15, 0.2) is 0 Å². The van der Waals surface area contributed by atoms with Crippen molar-refractivity contribution < 1.29 is 23.2 Å². The molecule has 3 rings (SSSR count). The number of methoxy groups -OCH3 is 1. The van der Waals surface area contributed by atoms with Crippen molar-refractivity contribution in [3.8, 4) is 0 Å². The molecule has 23 heavy (non-hydrogen) atoms. The first-order valence-electron chi connectivity index (χ1n) is 7.41. The van der Waals surface area contributed by atoms with Gasteiger partial charge in [-0.2, -0.15) is 0 Å². The maximum atomic E-state index is 14.7. The Bertz CT molecular complexity index is 768. The number of carbonyl (C=O) groups is 1. The summed E-state index contributed by atoms with van der Waals surface area (Å²) in [7, 11) is 0.418. The topological polar surface area (TPSA) is 60.6 Å². The predicted molar refractivity (Wildman–Crippen MR) is 85.3 cm³/mol. The highest BCUT2D eigenvalue weighted by Gasteiger charge is 2.53. The fourth-order valence-electron chi connectivity index (χ4n) is 2.69. The zero-order valence-electron chi connectivity index (χ0n) is 13.8. The summed E-state index contributed by atoms with van der Waals surface area (Å²) in [6.07, 6.45) is 1.64. The van der Waals surface area contributed by atoms with E-state index in [0.29, 0.717) is 10.9 Å². The van der Waals surface area contributed by atoms with Gasteiger partial charge in [-0.3, -0.25) is 0 Å². The second-order valence-corrected chi connectivity index (χ2v) is 6.67. The van der Waals surface area contributed by atoms with Crippen molar-refractivity contribution in [1.29, 1.82) is 0 Å². The molecule has 1 fully saturated rings. The van der Waals surface area contributed by atoms with Gasteiger partial charge >= 0.3 is 13.1 Å². The molecule has 2 aromatic rings. The lowest BCUT2D eigenvalue weighted by Gasteiger charge is -2.32. The smallest absolute Gasteiger partial charge is 0.465 e. The number of rotatable bonds is 2. The molecule has 1 aromatic heterocycles. The number of nitrogens with one attached hydrogen (secondary N) is 1. The summed E-state index contributed by atoms with van der Waals surface area (Å²) in [6, 6.07) is 2.86. The third-order valence-corrected chi connectivity index (χ3v) is 4.73. The molecule has 2 heterocycles. The molecule has 1 aliphatic heterocycles. The quantitative estimate of drug-likeness (QED) is 0.682. The van der Waals surface area contributed by atoms with Crippen LogP contribution < -0.4 is 5.46 Å². The Morgan fingerprint density at radius 2 is 1.87 bits per heavy atom. The first-order valence-corrected chi connectivity index (χ1v) is 7.41. The van der Waals surface area contributed by atoms with Crippen LogP contribution in [-0.2, 0) is 14.0 Å². The van der Waals surface area contributed by atoms with E-state index in [9.17, 15) is 9.18 Å². The Morgan fingerprint density at radius 3 is 2.43 bits per heavy atom. The van der Waals surface area contributed by atoms with Crippen molar-refractivity contribution in [2.75, 3.05) is 7.11 Å². The van der Waals surface area contributed by atoms with Gasteiger partial charge in [0.05, 0.1) is 29.4 Å². The van der Waals surface area contributed by atoms with Gasteiger partial charge in [0, 0.05) is 17.0 Å². The number of ether oxygens (including phenoxy) is 1. The van der Waals surface area contributed by atoms with Crippen LogP contribution in [0.15, 0.2) is 18.3 Å². The number of halogens is 1. The van der Waals surface area contributed by atoms with Crippen molar-refractivity contribution >= 4 is 29.5 Å². The van der Waals surface area contributed by atoms with Gasteiger partial charge in [-0.1, -0.05) is 0 Å². The summed E-state index contributed by atoms with van der Waals surface area (Å²) in [5, 5.41) is 0.545. The van der Waals surface area contributed by atoms with Gasteiger partial charge in [0.25, 0.3) is 0 Å². The van der Waals surface area contributed by atoms with E-state index in [-0.39, 0.29) is 11.0 Å². The highest BCUT2D eigenvalue weighted by Crippen LogP contribution is 2.37. The number of hydrogen-bond donors (Lipinski definition) is 1. The van der Waals surface area contributed by atoms with Crippen LogP contribution in [0.4, 0.5) is 4.39 Å². The molecule has 1 saturated heterocycles. The van der Waals surface area contributed by atoms with E-state index in [1.807, 2.05) is 27.7 Å². The number of fused-ring (bicyclic) bond motifs is 1. The first kappa shape index (κ1) is 16.0. The Labute approximate surface area is 134 Å². The molecular formula is C16H19BFNO4. The van der Waals surface area contributed by atoms with Gasteiger partial charge in [-0.15, -0.1) is 0 Å². The molecule has 1 aromatic carbocycles. The third-order valence-electron chi connectivity index (χ3n) is 4.73. The van der Waals surface area contributed by atoms with Crippen molar-refractivity contribution in [2.24, 2.45) is 0 Å². The maximum absolute atomic E-state index is 14.7. The van der Waals surface area contributed by atoms with Crippen LogP contribution in [0.3, 0.4) is 0 Å². The number of benzene rings is 1. The Balaban J connectivity index is 2.16. The van der Waals surface area contributed by atoms with E-state index in [2.05, 4.69) is 4.98 Å². The number of H-pyrrole nitrogens is 1. The van der Waals surface area contributed by atoms with E-state index in [1.165, 1.54) is 7.11 Å². The highest BCUT2D eigenvalue weighted by molar-refractivity contribution is 6.65. The minimum Gasteiger partial charge on any atom is -0.465 e. The summed E-state index contributed by atoms with van der Waals surface area (Å²) in [6.45, 7) is 7.62. The normalized spacial score (nSPS) is 19.3. The zero-order chi connectivity index (χ0) is 17.0. The Kier molecular flexibility index (Phi) is 3.53. The number of aromatic nitrogens is 1. The molecule has 1 N–H and O–H groups in total. The van der Waals surface area contributed by atoms with Crippen LogP contribution in [0.5, 0.6) is 0 Å². The average molecular weight is 319 g/mol. The summed E-state index contributed by atoms with van der Waals surface area (Å²) in [5.74, 6) is -1.16. The van der Waals surface area contributed by atoms with E-state index < -0.39 is 30.1 Å². The molecule has 0 aliphatic carbocycles. The zero-order valence-corrected chi connectivity index (χ0v) is 13.8. The van der Waals surface area contributed by atoms with Crippen molar-refractivity contribution in [3.05, 3.63) is 29.7 Å². The number of aromatic amines is 1. The Hall–Kier alpha value is -1.86. The molecule has 5 nitrogen and oxygen atoms in total. The summed E-state index contributed by atoms with van der Waals surface area (Å²) in [4.78, 5) is 14.8. The van der Waals surface area contributed by atoms with Crippen LogP contribution in [0, 0.1) is 5.82 Å². The lowest BCUT2D eigenvalue weighted by molar-refractivity contribution is 0.00578. The molecule has 0 atom stereocenters. The van der Waals surface area contributed by atoms with Crippen molar-refractivity contribution in [2.45, 2.75) is 38.9 Å². The average Bonchev–Trinajstić information content (AvgIpc) is 3.00. The van der Waals surface area contributed by atoms with E-state index in [0.717, 1.165) is 6.07 Å². The molecule has 0 unspecified atom stereocenters. The fourth-order valence-corrected chi connectivity index (χ4v) is 2.69. The van der Waals surface area contributed by atoms with Crippen LogP contribution in [0.2, 0.25) is 0 Å². The molecule has 0 radical (unpaired) electrons. The summed E-state index contributed by atoms with van der Waals surface area (Å²) >= 11 is 0. The lowest BCUT2D eigenvalue weighted by Crippen LogP contribution is -2.41. The SMILES string of the molecule is COC(=O)c1cc(F)c(B2OC(C)(C)C(C)(C)O2)c2cc[nH]c12. The standard InChI is InChI=1S/C16H19BFNO4/c1-15(2)16(3,4)23-17(22-15)12-9-6-7-19-13(9)10(8-11(12)18)14(20)21-5/h6-8,19H,1-5H3. The van der Waals surface area contributed by atoms with Gasteiger partial charge in [-0.25, -0.2) is 9.18 Å². The molecular weight excluding hydrogens is 300 g/mol. The monoisotopic (exact) mass is 319 g/mol. The molecule has 1 aliphatic rings. The minimum absolute atomic E-state index is 0.144. The minimum atomic E-state index is -0.843. The lowest BCUT2D eigenvalue weighted by atomic mass is 9.76. The van der Waals surface area contributed by atoms with Crippen LogP contribution in [-0.4, -0.2) is 36.4 Å². The van der Waals surface area contributed by atoms with Gasteiger partial charge in [-0.05, 0) is 39.8 Å². The molecule has 0 bridgehead atoms. The van der Waals surface area contributed by atoms with Gasteiger partial charge in [0.1, 0.15) is 5.82 Å². The molecule has 0 spiro atoms. The van der Waals surface area contributed by atoms with Gasteiger partial charge < -0.3 is 19.0 Å². The molecule has 122 valence electrons. The molecule has 7 heteroatoms. The van der Waals surface area contributed by atoms with E-state index >= 15 is 0 Å². The van der Waals surface area contributed by atoms with Crippen LogP contribution in [0.1, 0.15) is 38.1 Å². The second-order valence-electron chi connectivity index (χ2n) is 6.67. The van der Waals surface area contributed by atoms with Crippen LogP contribution >= 0.6 is 0 Å². The molecule has 0 saturated carbocycles. The summed E-state index contributed by atoms with van der Waals surface area (Å²) in [5.41, 5.74) is -0.220. The Morgan fingerprint density at radius 1 is 1.26 bits per heavy atom. The van der Waals surface area contributed by atoms with Crippen molar-refractivity contribution in [3.63, 3.8) is 0 Å². The van der Waals surface area contributed by atoms with Crippen molar-refractivity contribution in [1.82, 2.24) is 4.98 Å². The van der Waals surface area contributed by atoms with E-state index in [4.69, 9.17) is 14.0 Å². The molecule has 0 amide bonds. The van der Waals surface area contributed by atoms with Crippen LogP contribution in [0.25, 0.3) is 10.9 Å².